The van der Waals surface area contributed by atoms with Crippen LogP contribution in [0.1, 0.15) is 20.7 Å². The molecule has 0 aliphatic carbocycles. The number of ether oxygens (including phenoxy) is 1. The Labute approximate surface area is 220 Å². The first-order valence-electron chi connectivity index (χ1n) is 11.4. The number of nitrogens with zero attached hydrogens (tertiary/aromatic N) is 3. The summed E-state index contributed by atoms with van der Waals surface area (Å²) in [5.41, 5.74) is 2.05. The number of hydrogen-bond acceptors (Lipinski definition) is 6. The number of fused-ring (bicyclic) bond motifs is 1. The third-order valence-electron chi connectivity index (χ3n) is 5.91. The van der Waals surface area contributed by atoms with Crippen LogP contribution < -0.4 is 5.56 Å². The van der Waals surface area contributed by atoms with Gasteiger partial charge in [0.2, 0.25) is 0 Å². The van der Waals surface area contributed by atoms with E-state index in [1.54, 1.807) is 59.5 Å². The molecule has 36 heavy (non-hydrogen) atoms. The highest BCUT2D eigenvalue weighted by Crippen LogP contribution is 2.23. The zero-order valence-corrected chi connectivity index (χ0v) is 21.6. The first kappa shape index (κ1) is 24.4. The molecule has 1 aliphatic heterocycles. The first-order chi connectivity index (χ1) is 17.5. The predicted octanol–water partition coefficient (Wildman–Crippen LogP) is 4.60. The van der Waals surface area contributed by atoms with Gasteiger partial charge in [0.25, 0.3) is 11.5 Å². The topological polar surface area (TPSA) is 81.5 Å². The van der Waals surface area contributed by atoms with Crippen LogP contribution in [0.4, 0.5) is 0 Å². The van der Waals surface area contributed by atoms with Crippen LogP contribution in [0.3, 0.4) is 0 Å². The summed E-state index contributed by atoms with van der Waals surface area (Å²) in [5, 5.41) is 0.894. The Morgan fingerprint density at radius 1 is 0.917 bits per heavy atom. The van der Waals surface area contributed by atoms with Crippen molar-refractivity contribution in [1.82, 2.24) is 14.5 Å². The molecule has 4 aromatic rings. The summed E-state index contributed by atoms with van der Waals surface area (Å²) in [6.45, 7) is 2.17. The fourth-order valence-electron chi connectivity index (χ4n) is 3.99. The predicted molar refractivity (Wildman–Crippen MR) is 143 cm³/mol. The highest BCUT2D eigenvalue weighted by molar-refractivity contribution is 9.10. The molecule has 0 bridgehead atoms. The Balaban J connectivity index is 1.47. The minimum absolute atomic E-state index is 0.0621. The number of para-hydroxylation sites is 1. The maximum absolute atomic E-state index is 13.5. The van der Waals surface area contributed by atoms with Crippen LogP contribution in [0.25, 0.3) is 16.6 Å². The molecule has 7 nitrogen and oxygen atoms in total. The number of thioether (sulfide) groups is 1. The normalized spacial score (nSPS) is 13.6. The lowest BCUT2D eigenvalue weighted by Crippen LogP contribution is -2.40. The van der Waals surface area contributed by atoms with E-state index in [2.05, 4.69) is 15.9 Å². The lowest BCUT2D eigenvalue weighted by molar-refractivity contribution is 0.0303. The molecule has 182 valence electrons. The van der Waals surface area contributed by atoms with Crippen LogP contribution >= 0.6 is 27.7 Å². The number of amides is 1. The molecule has 1 aliphatic rings. The Bertz CT molecular complexity index is 1480. The molecule has 1 saturated heterocycles. The molecular formula is C27H22BrN3O4S. The van der Waals surface area contributed by atoms with Gasteiger partial charge in [0.1, 0.15) is 0 Å². The number of carbonyl (C=O) groups excluding carboxylic acids is 2. The molecule has 9 heteroatoms. The van der Waals surface area contributed by atoms with E-state index in [0.717, 1.165) is 4.47 Å². The largest absolute Gasteiger partial charge is 0.378 e. The van der Waals surface area contributed by atoms with Crippen molar-refractivity contribution in [3.8, 4) is 5.69 Å². The van der Waals surface area contributed by atoms with E-state index in [0.29, 0.717) is 59.2 Å². The van der Waals surface area contributed by atoms with Crippen LogP contribution in [0, 0.1) is 0 Å². The molecule has 3 aromatic carbocycles. The monoisotopic (exact) mass is 563 g/mol. The number of Topliss-reactive ketones (excluding diaryl/α,β-unsaturated/α-hetero) is 1. The third kappa shape index (κ3) is 5.13. The maximum Gasteiger partial charge on any atom is 0.266 e. The van der Waals surface area contributed by atoms with Crippen molar-refractivity contribution in [2.75, 3.05) is 32.1 Å². The van der Waals surface area contributed by atoms with Gasteiger partial charge in [-0.05, 0) is 48.5 Å². The van der Waals surface area contributed by atoms with Gasteiger partial charge in [-0.1, -0.05) is 52.0 Å². The fraction of sp³-hybridized carbons (Fsp3) is 0.185. The van der Waals surface area contributed by atoms with Crippen molar-refractivity contribution >= 4 is 50.3 Å². The highest BCUT2D eigenvalue weighted by Gasteiger charge is 2.20. The Kier molecular flexibility index (Phi) is 7.31. The van der Waals surface area contributed by atoms with Gasteiger partial charge in [-0.3, -0.25) is 19.0 Å². The second kappa shape index (κ2) is 10.8. The average molecular weight is 564 g/mol. The molecule has 5 rings (SSSR count). The van der Waals surface area contributed by atoms with Crippen molar-refractivity contribution in [2.45, 2.75) is 5.16 Å². The smallest absolute Gasteiger partial charge is 0.266 e. The van der Waals surface area contributed by atoms with Crippen molar-refractivity contribution in [2.24, 2.45) is 0 Å². The van der Waals surface area contributed by atoms with Crippen LogP contribution in [-0.2, 0) is 4.74 Å². The van der Waals surface area contributed by atoms with Crippen LogP contribution in [0.15, 0.2) is 87.2 Å². The number of carbonyl (C=O) groups is 2. The molecule has 0 unspecified atom stereocenters. The Morgan fingerprint density at radius 2 is 1.58 bits per heavy atom. The first-order valence-corrected chi connectivity index (χ1v) is 13.2. The third-order valence-corrected chi connectivity index (χ3v) is 7.38. The number of aromatic nitrogens is 2. The molecule has 0 atom stereocenters. The minimum Gasteiger partial charge on any atom is -0.378 e. The van der Waals surface area contributed by atoms with Crippen LogP contribution in [-0.4, -0.2) is 58.2 Å². The van der Waals surface area contributed by atoms with Gasteiger partial charge in [-0.25, -0.2) is 4.98 Å². The van der Waals surface area contributed by atoms with Crippen molar-refractivity contribution < 1.29 is 14.3 Å². The van der Waals surface area contributed by atoms with Crippen molar-refractivity contribution in [3.05, 3.63) is 98.7 Å². The fourth-order valence-corrected chi connectivity index (χ4v) is 5.16. The minimum atomic E-state index is -0.230. The molecule has 0 N–H and O–H groups in total. The van der Waals surface area contributed by atoms with Gasteiger partial charge in [-0.15, -0.1) is 0 Å². The van der Waals surface area contributed by atoms with Crippen LogP contribution in [0.2, 0.25) is 0 Å². The van der Waals surface area contributed by atoms with E-state index >= 15 is 0 Å². The van der Waals surface area contributed by atoms with E-state index in [1.807, 2.05) is 18.2 Å². The molecule has 0 spiro atoms. The van der Waals surface area contributed by atoms with Gasteiger partial charge < -0.3 is 9.64 Å². The van der Waals surface area contributed by atoms with Gasteiger partial charge in [0.15, 0.2) is 10.9 Å². The summed E-state index contributed by atoms with van der Waals surface area (Å²) in [7, 11) is 0. The van der Waals surface area contributed by atoms with Crippen molar-refractivity contribution in [3.63, 3.8) is 0 Å². The maximum atomic E-state index is 13.5. The number of benzene rings is 3. The lowest BCUT2D eigenvalue weighted by Gasteiger charge is -2.26. The number of rotatable bonds is 6. The zero-order chi connectivity index (χ0) is 25.1. The molecule has 0 radical (unpaired) electrons. The van der Waals surface area contributed by atoms with E-state index in [4.69, 9.17) is 9.72 Å². The Morgan fingerprint density at radius 3 is 2.31 bits per heavy atom. The average Bonchev–Trinajstić information content (AvgIpc) is 2.92. The van der Waals surface area contributed by atoms with Crippen molar-refractivity contribution in [1.29, 1.82) is 0 Å². The number of ketones is 1. The standard InChI is InChI=1S/C27H22BrN3O4S/c28-20-9-5-18(6-10-20)24(32)17-36-27-29-23-4-2-1-3-22(23)26(34)31(27)21-11-7-19(8-12-21)25(33)30-13-15-35-16-14-30/h1-12H,13-17H2. The molecule has 1 amide bonds. The SMILES string of the molecule is O=C(CSc1nc2ccccc2c(=O)n1-c1ccc(C(=O)N2CCOCC2)cc1)c1ccc(Br)cc1. The van der Waals surface area contributed by atoms with E-state index in [-0.39, 0.29) is 23.0 Å². The second-order valence-corrected chi connectivity index (χ2v) is 10.1. The molecule has 2 heterocycles. The quantitative estimate of drug-likeness (QED) is 0.194. The number of hydrogen-bond donors (Lipinski definition) is 0. The summed E-state index contributed by atoms with van der Waals surface area (Å²) in [6, 6.07) is 21.2. The molecular weight excluding hydrogens is 542 g/mol. The van der Waals surface area contributed by atoms with Gasteiger partial charge in [0.05, 0.1) is 35.6 Å². The summed E-state index contributed by atoms with van der Waals surface area (Å²) in [5.74, 6) is -0.00328. The van der Waals surface area contributed by atoms with Crippen LogP contribution in [0.5, 0.6) is 0 Å². The summed E-state index contributed by atoms with van der Waals surface area (Å²) < 4.78 is 7.73. The molecule has 0 saturated carbocycles. The van der Waals surface area contributed by atoms with E-state index < -0.39 is 0 Å². The number of morpholine rings is 1. The van der Waals surface area contributed by atoms with Gasteiger partial charge in [-0.2, -0.15) is 0 Å². The molecule has 1 aromatic heterocycles. The summed E-state index contributed by atoms with van der Waals surface area (Å²) >= 11 is 4.59. The lowest BCUT2D eigenvalue weighted by atomic mass is 10.1. The highest BCUT2D eigenvalue weighted by atomic mass is 79.9. The summed E-state index contributed by atoms with van der Waals surface area (Å²) in [4.78, 5) is 45.6. The van der Waals surface area contributed by atoms with E-state index in [9.17, 15) is 14.4 Å². The number of halogens is 1. The molecule has 1 fully saturated rings. The summed E-state index contributed by atoms with van der Waals surface area (Å²) in [6.07, 6.45) is 0. The second-order valence-electron chi connectivity index (χ2n) is 8.22. The zero-order valence-electron chi connectivity index (χ0n) is 19.2. The van der Waals surface area contributed by atoms with E-state index in [1.165, 1.54) is 16.3 Å². The van der Waals surface area contributed by atoms with Gasteiger partial charge in [0, 0.05) is 28.7 Å². The van der Waals surface area contributed by atoms with Gasteiger partial charge >= 0.3 is 0 Å². The Hall–Kier alpha value is -3.27.